The van der Waals surface area contributed by atoms with Crippen molar-refractivity contribution in [3.05, 3.63) is 29.8 Å². The fourth-order valence-electron chi connectivity index (χ4n) is 2.08. The lowest BCUT2D eigenvalue weighted by molar-refractivity contribution is -0.119. The summed E-state index contributed by atoms with van der Waals surface area (Å²) in [6, 6.07) is 7.96. The molecule has 1 amide bonds. The molecule has 5 heteroatoms. The Balaban J connectivity index is 2.36. The van der Waals surface area contributed by atoms with E-state index in [1.165, 1.54) is 5.56 Å². The van der Waals surface area contributed by atoms with E-state index >= 15 is 0 Å². The number of nitrogens with zero attached hydrogens (tertiary/aromatic N) is 1. The van der Waals surface area contributed by atoms with Gasteiger partial charge in [0.25, 0.3) is 0 Å². The molecule has 5 nitrogen and oxygen atoms in total. The summed E-state index contributed by atoms with van der Waals surface area (Å²) in [5, 5.41) is 0. The zero-order valence-electron chi connectivity index (χ0n) is 12.9. The van der Waals surface area contributed by atoms with Gasteiger partial charge in [-0.15, -0.1) is 0 Å². The first kappa shape index (κ1) is 17.5. The quantitative estimate of drug-likeness (QED) is 0.641. The Hall–Kier alpha value is -1.59. The molecule has 1 rings (SSSR count). The molecule has 0 saturated heterocycles. The lowest BCUT2D eigenvalue weighted by Gasteiger charge is -2.20. The second-order valence-corrected chi connectivity index (χ2v) is 5.13. The zero-order chi connectivity index (χ0) is 15.5. The van der Waals surface area contributed by atoms with Crippen LogP contribution in [0, 0.1) is 0 Å². The third-order valence-corrected chi connectivity index (χ3v) is 3.24. The topological polar surface area (TPSA) is 81.6 Å². The summed E-state index contributed by atoms with van der Waals surface area (Å²) in [4.78, 5) is 13.1. The van der Waals surface area contributed by atoms with Crippen molar-refractivity contribution < 1.29 is 9.53 Å². The molecule has 0 heterocycles. The van der Waals surface area contributed by atoms with Gasteiger partial charge in [0.2, 0.25) is 5.91 Å². The number of unbranched alkanes of at least 4 members (excludes halogenated alkanes) is 1. The molecule has 21 heavy (non-hydrogen) atoms. The maximum absolute atomic E-state index is 11.0. The number of hydrogen-bond donors (Lipinski definition) is 2. The first-order valence-corrected chi connectivity index (χ1v) is 7.58. The summed E-state index contributed by atoms with van der Waals surface area (Å²) in [5.41, 5.74) is 12.0. The number of amides is 1. The van der Waals surface area contributed by atoms with Crippen LogP contribution >= 0.6 is 0 Å². The van der Waals surface area contributed by atoms with Crippen LogP contribution in [0.5, 0.6) is 5.75 Å². The van der Waals surface area contributed by atoms with Gasteiger partial charge in [-0.2, -0.15) is 0 Å². The summed E-state index contributed by atoms with van der Waals surface area (Å²) >= 11 is 0. The summed E-state index contributed by atoms with van der Waals surface area (Å²) in [6.07, 6.45) is 3.03. The standard InChI is InChI=1S/C16H27N3O2/c1-2-3-10-19(13-16(18)20)11-12-21-15-6-4-14(5-7-15)8-9-17/h4-7H,2-3,8-13,17H2,1H3,(H2,18,20). The van der Waals surface area contributed by atoms with Crippen molar-refractivity contribution in [3.63, 3.8) is 0 Å². The van der Waals surface area contributed by atoms with Gasteiger partial charge in [0.1, 0.15) is 12.4 Å². The fourth-order valence-corrected chi connectivity index (χ4v) is 2.08. The van der Waals surface area contributed by atoms with E-state index in [-0.39, 0.29) is 5.91 Å². The van der Waals surface area contributed by atoms with Crippen LogP contribution in [0.2, 0.25) is 0 Å². The van der Waals surface area contributed by atoms with E-state index in [1.54, 1.807) is 0 Å². The summed E-state index contributed by atoms with van der Waals surface area (Å²) in [7, 11) is 0. The molecule has 118 valence electrons. The number of hydrogen-bond acceptors (Lipinski definition) is 4. The van der Waals surface area contributed by atoms with Gasteiger partial charge in [0.05, 0.1) is 6.54 Å². The number of nitrogens with two attached hydrogens (primary N) is 2. The third-order valence-electron chi connectivity index (χ3n) is 3.24. The number of ether oxygens (including phenoxy) is 1. The molecule has 0 spiro atoms. The fraction of sp³-hybridized carbons (Fsp3) is 0.562. The van der Waals surface area contributed by atoms with Crippen LogP contribution in [-0.2, 0) is 11.2 Å². The Kier molecular flexibility index (Phi) is 8.47. The highest BCUT2D eigenvalue weighted by atomic mass is 16.5. The lowest BCUT2D eigenvalue weighted by Crippen LogP contribution is -2.37. The molecule has 0 aliphatic heterocycles. The molecule has 0 bridgehead atoms. The van der Waals surface area contributed by atoms with Crippen LogP contribution in [0.15, 0.2) is 24.3 Å². The predicted octanol–water partition coefficient (Wildman–Crippen LogP) is 1.15. The van der Waals surface area contributed by atoms with Crippen LogP contribution in [0.4, 0.5) is 0 Å². The van der Waals surface area contributed by atoms with Gasteiger partial charge < -0.3 is 16.2 Å². The maximum Gasteiger partial charge on any atom is 0.231 e. The second kappa shape index (κ2) is 10.2. The van der Waals surface area contributed by atoms with E-state index in [2.05, 4.69) is 6.92 Å². The Morgan fingerprint density at radius 2 is 1.95 bits per heavy atom. The van der Waals surface area contributed by atoms with E-state index in [4.69, 9.17) is 16.2 Å². The third kappa shape index (κ3) is 7.68. The number of carbonyl (C=O) groups is 1. The van der Waals surface area contributed by atoms with Crippen LogP contribution < -0.4 is 16.2 Å². The summed E-state index contributed by atoms with van der Waals surface area (Å²) in [5.74, 6) is 0.544. The molecule has 1 aromatic carbocycles. The van der Waals surface area contributed by atoms with Gasteiger partial charge >= 0.3 is 0 Å². The molecule has 0 unspecified atom stereocenters. The Bertz CT molecular complexity index is 406. The first-order chi connectivity index (χ1) is 10.2. The van der Waals surface area contributed by atoms with Crippen molar-refractivity contribution in [2.24, 2.45) is 11.5 Å². The SMILES string of the molecule is CCCCN(CCOc1ccc(CCN)cc1)CC(N)=O. The van der Waals surface area contributed by atoms with Gasteiger partial charge in [-0.05, 0) is 43.6 Å². The average molecular weight is 293 g/mol. The van der Waals surface area contributed by atoms with Crippen LogP contribution in [-0.4, -0.2) is 43.6 Å². The Labute approximate surface area is 127 Å². The lowest BCUT2D eigenvalue weighted by atomic mass is 10.1. The van der Waals surface area contributed by atoms with Gasteiger partial charge in [-0.25, -0.2) is 0 Å². The first-order valence-electron chi connectivity index (χ1n) is 7.58. The largest absolute Gasteiger partial charge is 0.492 e. The minimum Gasteiger partial charge on any atom is -0.492 e. The van der Waals surface area contributed by atoms with Gasteiger partial charge in [-0.3, -0.25) is 9.69 Å². The van der Waals surface area contributed by atoms with E-state index < -0.39 is 0 Å². The minimum atomic E-state index is -0.294. The molecule has 0 aromatic heterocycles. The number of carbonyl (C=O) groups excluding carboxylic acids is 1. The highest BCUT2D eigenvalue weighted by molar-refractivity contribution is 5.75. The van der Waals surface area contributed by atoms with Crippen molar-refractivity contribution in [1.29, 1.82) is 0 Å². The Morgan fingerprint density at radius 3 is 2.52 bits per heavy atom. The van der Waals surface area contributed by atoms with Crippen LogP contribution in [0.25, 0.3) is 0 Å². The monoisotopic (exact) mass is 293 g/mol. The molecule has 0 aliphatic carbocycles. The Morgan fingerprint density at radius 1 is 1.24 bits per heavy atom. The van der Waals surface area contributed by atoms with E-state index in [1.807, 2.05) is 29.2 Å². The van der Waals surface area contributed by atoms with E-state index in [9.17, 15) is 4.79 Å². The molecule has 0 atom stereocenters. The average Bonchev–Trinajstić information content (AvgIpc) is 2.46. The maximum atomic E-state index is 11.0. The van der Waals surface area contributed by atoms with Gasteiger partial charge in [-0.1, -0.05) is 25.5 Å². The van der Waals surface area contributed by atoms with Crippen molar-refractivity contribution in [2.45, 2.75) is 26.2 Å². The van der Waals surface area contributed by atoms with Gasteiger partial charge in [0, 0.05) is 6.54 Å². The number of rotatable bonds is 11. The normalized spacial score (nSPS) is 10.8. The van der Waals surface area contributed by atoms with Crippen LogP contribution in [0.3, 0.4) is 0 Å². The van der Waals surface area contributed by atoms with Crippen molar-refractivity contribution in [3.8, 4) is 5.75 Å². The van der Waals surface area contributed by atoms with Crippen molar-refractivity contribution in [2.75, 3.05) is 32.8 Å². The molecular weight excluding hydrogens is 266 g/mol. The zero-order valence-corrected chi connectivity index (χ0v) is 12.9. The molecule has 0 aliphatic rings. The molecular formula is C16H27N3O2. The molecule has 1 aromatic rings. The minimum absolute atomic E-state index is 0.290. The number of benzene rings is 1. The van der Waals surface area contributed by atoms with Crippen molar-refractivity contribution in [1.82, 2.24) is 4.90 Å². The second-order valence-electron chi connectivity index (χ2n) is 5.13. The summed E-state index contributed by atoms with van der Waals surface area (Å²) in [6.45, 7) is 5.19. The van der Waals surface area contributed by atoms with Gasteiger partial charge in [0.15, 0.2) is 0 Å². The van der Waals surface area contributed by atoms with Crippen LogP contribution in [0.1, 0.15) is 25.3 Å². The predicted molar refractivity (Wildman–Crippen MR) is 85.2 cm³/mol. The van der Waals surface area contributed by atoms with Crippen molar-refractivity contribution >= 4 is 5.91 Å². The molecule has 0 fully saturated rings. The highest BCUT2D eigenvalue weighted by Gasteiger charge is 2.07. The molecule has 0 radical (unpaired) electrons. The molecule has 0 saturated carbocycles. The van der Waals surface area contributed by atoms with E-state index in [0.717, 1.165) is 31.6 Å². The highest BCUT2D eigenvalue weighted by Crippen LogP contribution is 2.12. The molecule has 4 N–H and O–H groups in total. The summed E-state index contributed by atoms with van der Waals surface area (Å²) < 4.78 is 5.71. The number of primary amides is 1. The smallest absolute Gasteiger partial charge is 0.231 e. The van der Waals surface area contributed by atoms with E-state index in [0.29, 0.717) is 26.2 Å².